The zero-order valence-corrected chi connectivity index (χ0v) is 12.0. The maximum absolute atomic E-state index is 11.5. The quantitative estimate of drug-likeness (QED) is 0.879. The van der Waals surface area contributed by atoms with Crippen LogP contribution in [-0.2, 0) is 4.79 Å². The minimum absolute atomic E-state index is 0.203. The maximum Gasteiger partial charge on any atom is 0.250 e. The summed E-state index contributed by atoms with van der Waals surface area (Å²) in [5.41, 5.74) is 0. The first-order chi connectivity index (χ1) is 8.13. The molecule has 0 fully saturated rings. The van der Waals surface area contributed by atoms with E-state index in [4.69, 9.17) is 0 Å². The Balaban J connectivity index is 1.95. The summed E-state index contributed by atoms with van der Waals surface area (Å²) in [6.45, 7) is 1.84. The molecular weight excluding hydrogens is 322 g/mol. The van der Waals surface area contributed by atoms with Crippen LogP contribution in [-0.4, -0.2) is 16.1 Å². The van der Waals surface area contributed by atoms with Gasteiger partial charge in [0.05, 0.1) is 3.79 Å². The molecule has 88 valence electrons. The number of carbonyl (C=O) groups excluding carboxylic acids is 1. The zero-order valence-electron chi connectivity index (χ0n) is 8.81. The Morgan fingerprint density at radius 1 is 1.41 bits per heavy atom. The molecule has 0 radical (unpaired) electrons. The molecule has 2 rings (SSSR count). The summed E-state index contributed by atoms with van der Waals surface area (Å²) in [6.07, 6.45) is 3.24. The molecule has 4 nitrogen and oxygen atoms in total. The fourth-order valence-corrected chi connectivity index (χ4v) is 2.99. The lowest BCUT2D eigenvalue weighted by molar-refractivity contribution is -0.111. The van der Waals surface area contributed by atoms with Gasteiger partial charge < -0.3 is 0 Å². The Morgan fingerprint density at radius 2 is 2.24 bits per heavy atom. The van der Waals surface area contributed by atoms with E-state index in [0.717, 1.165) is 13.7 Å². The van der Waals surface area contributed by atoms with Crippen LogP contribution in [0.4, 0.5) is 5.13 Å². The topological polar surface area (TPSA) is 54.9 Å². The standard InChI is InChI=1S/C10H8BrN3OS2/c1-6-13-14-10(16-6)12-9(15)5-3-7-2-4-8(11)17-7/h2-5H,1H3,(H,12,14,15)/b5-3+. The van der Waals surface area contributed by atoms with E-state index < -0.39 is 0 Å². The summed E-state index contributed by atoms with van der Waals surface area (Å²) in [7, 11) is 0. The van der Waals surface area contributed by atoms with Crippen LogP contribution in [0, 0.1) is 6.92 Å². The van der Waals surface area contributed by atoms with E-state index in [1.165, 1.54) is 17.4 Å². The number of rotatable bonds is 3. The molecule has 17 heavy (non-hydrogen) atoms. The number of halogens is 1. The van der Waals surface area contributed by atoms with Crippen molar-refractivity contribution < 1.29 is 4.79 Å². The van der Waals surface area contributed by atoms with Gasteiger partial charge in [-0.05, 0) is 41.1 Å². The van der Waals surface area contributed by atoms with Gasteiger partial charge in [-0.2, -0.15) is 0 Å². The summed E-state index contributed by atoms with van der Waals surface area (Å²) < 4.78 is 1.04. The molecule has 7 heteroatoms. The lowest BCUT2D eigenvalue weighted by Gasteiger charge is -1.93. The van der Waals surface area contributed by atoms with Gasteiger partial charge in [0.1, 0.15) is 5.01 Å². The molecule has 1 amide bonds. The molecule has 0 atom stereocenters. The Morgan fingerprint density at radius 3 is 2.82 bits per heavy atom. The normalized spacial score (nSPS) is 10.9. The van der Waals surface area contributed by atoms with E-state index in [2.05, 4.69) is 31.4 Å². The Hall–Kier alpha value is -1.05. The van der Waals surface area contributed by atoms with Gasteiger partial charge in [0.15, 0.2) is 0 Å². The molecule has 0 unspecified atom stereocenters. The summed E-state index contributed by atoms with van der Waals surface area (Å²) in [5, 5.41) is 11.6. The van der Waals surface area contributed by atoms with Crippen LogP contribution in [0.1, 0.15) is 9.88 Å². The molecule has 0 saturated carbocycles. The first kappa shape index (κ1) is 12.4. The fourth-order valence-electron chi connectivity index (χ4n) is 1.07. The van der Waals surface area contributed by atoms with Crippen molar-refractivity contribution in [2.75, 3.05) is 5.32 Å². The smallest absolute Gasteiger partial charge is 0.250 e. The number of anilines is 1. The van der Waals surface area contributed by atoms with E-state index in [-0.39, 0.29) is 5.91 Å². The number of hydrogen-bond acceptors (Lipinski definition) is 5. The van der Waals surface area contributed by atoms with Crippen LogP contribution >= 0.6 is 38.6 Å². The van der Waals surface area contributed by atoms with Gasteiger partial charge in [-0.1, -0.05) is 11.3 Å². The van der Waals surface area contributed by atoms with E-state index in [0.29, 0.717) is 5.13 Å². The predicted octanol–water partition coefficient (Wildman–Crippen LogP) is 3.32. The molecular formula is C10H8BrN3OS2. The molecule has 1 N–H and O–H groups in total. The molecule has 0 aliphatic carbocycles. The molecule has 0 spiro atoms. The first-order valence-electron chi connectivity index (χ1n) is 4.68. The Bertz CT molecular complexity index is 561. The number of hydrogen-bond donors (Lipinski definition) is 1. The van der Waals surface area contributed by atoms with Crippen molar-refractivity contribution in [3.8, 4) is 0 Å². The predicted molar refractivity (Wildman–Crippen MR) is 74.3 cm³/mol. The van der Waals surface area contributed by atoms with Crippen LogP contribution < -0.4 is 5.32 Å². The third-order valence-corrected chi connectivity index (χ3v) is 4.09. The Labute approximate surface area is 115 Å². The zero-order chi connectivity index (χ0) is 12.3. The number of amides is 1. The SMILES string of the molecule is Cc1nnc(NC(=O)/C=C/c2ccc(Br)s2)s1. The second kappa shape index (κ2) is 5.52. The van der Waals surface area contributed by atoms with E-state index in [1.807, 2.05) is 19.1 Å². The molecule has 2 aromatic heterocycles. The molecule has 0 aliphatic rings. The molecule has 2 heterocycles. The molecule has 0 bridgehead atoms. The highest BCUT2D eigenvalue weighted by molar-refractivity contribution is 9.11. The Kier molecular flexibility index (Phi) is 4.03. The van der Waals surface area contributed by atoms with Gasteiger partial charge in [-0.15, -0.1) is 21.5 Å². The average Bonchev–Trinajstić information content (AvgIpc) is 2.85. The summed E-state index contributed by atoms with van der Waals surface area (Å²) in [6, 6.07) is 3.88. The fraction of sp³-hybridized carbons (Fsp3) is 0.100. The van der Waals surface area contributed by atoms with Crippen molar-refractivity contribution >= 4 is 55.7 Å². The van der Waals surface area contributed by atoms with Crippen LogP contribution in [0.3, 0.4) is 0 Å². The third-order valence-electron chi connectivity index (χ3n) is 1.75. The van der Waals surface area contributed by atoms with Crippen molar-refractivity contribution in [1.82, 2.24) is 10.2 Å². The average molecular weight is 330 g/mol. The summed E-state index contributed by atoms with van der Waals surface area (Å²) in [4.78, 5) is 12.6. The van der Waals surface area contributed by atoms with Crippen molar-refractivity contribution in [3.63, 3.8) is 0 Å². The van der Waals surface area contributed by atoms with Crippen molar-refractivity contribution in [1.29, 1.82) is 0 Å². The van der Waals surface area contributed by atoms with Gasteiger partial charge in [-0.25, -0.2) is 0 Å². The van der Waals surface area contributed by atoms with Gasteiger partial charge in [0, 0.05) is 11.0 Å². The highest BCUT2D eigenvalue weighted by Crippen LogP contribution is 2.23. The lowest BCUT2D eigenvalue weighted by Crippen LogP contribution is -2.07. The van der Waals surface area contributed by atoms with Crippen molar-refractivity contribution in [2.45, 2.75) is 6.92 Å². The number of aryl methyl sites for hydroxylation is 1. The van der Waals surface area contributed by atoms with Crippen molar-refractivity contribution in [2.24, 2.45) is 0 Å². The van der Waals surface area contributed by atoms with E-state index in [9.17, 15) is 4.79 Å². The second-order valence-corrected chi connectivity index (χ2v) is 6.77. The lowest BCUT2D eigenvalue weighted by atomic mass is 10.4. The van der Waals surface area contributed by atoms with Gasteiger partial charge in [-0.3, -0.25) is 10.1 Å². The van der Waals surface area contributed by atoms with Gasteiger partial charge >= 0.3 is 0 Å². The molecule has 0 aromatic carbocycles. The number of thiophene rings is 1. The number of carbonyl (C=O) groups is 1. The summed E-state index contributed by atoms with van der Waals surface area (Å²) in [5.74, 6) is -0.203. The maximum atomic E-state index is 11.5. The van der Waals surface area contributed by atoms with Crippen LogP contribution in [0.15, 0.2) is 22.0 Å². The monoisotopic (exact) mass is 329 g/mol. The summed E-state index contributed by atoms with van der Waals surface area (Å²) >= 11 is 6.28. The van der Waals surface area contributed by atoms with Crippen LogP contribution in [0.25, 0.3) is 6.08 Å². The number of aromatic nitrogens is 2. The minimum atomic E-state index is -0.203. The second-order valence-electron chi connectivity index (χ2n) is 3.09. The van der Waals surface area contributed by atoms with Gasteiger partial charge in [0.25, 0.3) is 0 Å². The van der Waals surface area contributed by atoms with Gasteiger partial charge in [0.2, 0.25) is 11.0 Å². The molecule has 2 aromatic rings. The van der Waals surface area contributed by atoms with E-state index in [1.54, 1.807) is 17.4 Å². The third kappa shape index (κ3) is 3.72. The van der Waals surface area contributed by atoms with Crippen LogP contribution in [0.2, 0.25) is 0 Å². The molecule has 0 saturated heterocycles. The van der Waals surface area contributed by atoms with Crippen LogP contribution in [0.5, 0.6) is 0 Å². The molecule has 0 aliphatic heterocycles. The largest absolute Gasteiger partial charge is 0.297 e. The van der Waals surface area contributed by atoms with Crippen molar-refractivity contribution in [3.05, 3.63) is 31.9 Å². The highest BCUT2D eigenvalue weighted by atomic mass is 79.9. The number of nitrogens with one attached hydrogen (secondary N) is 1. The first-order valence-corrected chi connectivity index (χ1v) is 7.10. The number of nitrogens with zero attached hydrogens (tertiary/aromatic N) is 2. The highest BCUT2D eigenvalue weighted by Gasteiger charge is 2.03. The minimum Gasteiger partial charge on any atom is -0.297 e. The van der Waals surface area contributed by atoms with E-state index >= 15 is 0 Å².